The van der Waals surface area contributed by atoms with Gasteiger partial charge in [0.1, 0.15) is 11.0 Å². The number of nitrogens with one attached hydrogen (secondary N) is 2. The first-order valence-corrected chi connectivity index (χ1v) is 10.2. The minimum absolute atomic E-state index is 0.261. The predicted molar refractivity (Wildman–Crippen MR) is 107 cm³/mol. The summed E-state index contributed by atoms with van der Waals surface area (Å²) in [7, 11) is 0. The Morgan fingerprint density at radius 3 is 2.69 bits per heavy atom. The van der Waals surface area contributed by atoms with Gasteiger partial charge in [0.2, 0.25) is 5.91 Å². The number of rotatable bonds is 8. The van der Waals surface area contributed by atoms with E-state index in [4.69, 9.17) is 5.73 Å². The van der Waals surface area contributed by atoms with Crippen LogP contribution in [0.15, 0.2) is 35.7 Å². The molecule has 2 rings (SSSR count). The van der Waals surface area contributed by atoms with Crippen molar-refractivity contribution in [3.63, 3.8) is 0 Å². The fraction of sp³-hybridized carbons (Fsp3) is 0.278. The van der Waals surface area contributed by atoms with E-state index in [2.05, 4.69) is 10.6 Å². The van der Waals surface area contributed by atoms with Crippen molar-refractivity contribution in [2.45, 2.75) is 19.4 Å². The van der Waals surface area contributed by atoms with Gasteiger partial charge in [-0.2, -0.15) is 11.8 Å². The van der Waals surface area contributed by atoms with E-state index in [0.29, 0.717) is 22.7 Å². The number of amides is 3. The molecule has 1 aromatic heterocycles. The van der Waals surface area contributed by atoms with Crippen LogP contribution in [0.2, 0.25) is 0 Å². The highest BCUT2D eigenvalue weighted by molar-refractivity contribution is 7.98. The lowest BCUT2D eigenvalue weighted by Crippen LogP contribution is -2.44. The molecule has 2 aromatic rings. The average Bonchev–Trinajstić information content (AvgIpc) is 3.06. The van der Waals surface area contributed by atoms with Crippen LogP contribution in [0.1, 0.15) is 32.7 Å². The van der Waals surface area contributed by atoms with Crippen molar-refractivity contribution in [1.29, 1.82) is 0 Å². The van der Waals surface area contributed by atoms with E-state index in [1.54, 1.807) is 41.4 Å². The summed E-state index contributed by atoms with van der Waals surface area (Å²) in [6.45, 7) is 1.90. The first kappa shape index (κ1) is 20.0. The number of aryl methyl sites for hydroxylation is 1. The predicted octanol–water partition coefficient (Wildman–Crippen LogP) is 2.65. The minimum atomic E-state index is -0.710. The third-order valence-corrected chi connectivity index (χ3v) is 5.15. The standard InChI is InChI=1S/C18H21N3O3S2/c1-11-4-3-5-12(10-11)16(23)20-14(7-8-25-2)17(24)21-18-13(15(19)22)6-9-26-18/h3-6,9-10,14H,7-8H2,1-2H3,(H2,19,22)(H,20,23)(H,21,24)/t14-/m1/s1. The number of hydrogen-bond donors (Lipinski definition) is 3. The Hall–Kier alpha value is -2.32. The smallest absolute Gasteiger partial charge is 0.251 e. The SMILES string of the molecule is CSCC[C@@H](NC(=O)c1cccc(C)c1)C(=O)Nc1sccc1C(N)=O. The van der Waals surface area contributed by atoms with Crippen LogP contribution in [0, 0.1) is 6.92 Å². The second-order valence-corrected chi connectivity index (χ2v) is 7.60. The molecule has 138 valence electrons. The largest absolute Gasteiger partial charge is 0.366 e. The summed E-state index contributed by atoms with van der Waals surface area (Å²) in [5.41, 5.74) is 7.03. The van der Waals surface area contributed by atoms with Gasteiger partial charge in [0.25, 0.3) is 11.8 Å². The Kier molecular flexibility index (Phi) is 7.23. The molecule has 0 aliphatic rings. The van der Waals surface area contributed by atoms with Crippen LogP contribution in [-0.2, 0) is 4.79 Å². The summed E-state index contributed by atoms with van der Waals surface area (Å²) in [5.74, 6) is -0.577. The van der Waals surface area contributed by atoms with Crippen LogP contribution in [0.3, 0.4) is 0 Å². The molecule has 0 bridgehead atoms. The molecule has 0 saturated heterocycles. The van der Waals surface area contributed by atoms with Gasteiger partial charge in [-0.3, -0.25) is 14.4 Å². The Morgan fingerprint density at radius 1 is 1.27 bits per heavy atom. The van der Waals surface area contributed by atoms with Gasteiger partial charge in [-0.15, -0.1) is 11.3 Å². The van der Waals surface area contributed by atoms with Gasteiger partial charge in [0.15, 0.2) is 0 Å². The van der Waals surface area contributed by atoms with E-state index in [1.807, 2.05) is 19.2 Å². The number of hydrogen-bond acceptors (Lipinski definition) is 5. The molecule has 0 saturated carbocycles. The van der Waals surface area contributed by atoms with Crippen molar-refractivity contribution in [3.8, 4) is 0 Å². The summed E-state index contributed by atoms with van der Waals surface area (Å²) in [6, 6.07) is 8.02. The second kappa shape index (κ2) is 9.40. The van der Waals surface area contributed by atoms with Crippen molar-refractivity contribution >= 4 is 45.8 Å². The van der Waals surface area contributed by atoms with Gasteiger partial charge >= 0.3 is 0 Å². The number of carbonyl (C=O) groups excluding carboxylic acids is 3. The Morgan fingerprint density at radius 2 is 2.04 bits per heavy atom. The number of anilines is 1. The van der Waals surface area contributed by atoms with Crippen LogP contribution in [-0.4, -0.2) is 35.8 Å². The molecule has 0 aliphatic carbocycles. The van der Waals surface area contributed by atoms with Crippen molar-refractivity contribution in [1.82, 2.24) is 5.32 Å². The Bertz CT molecular complexity index is 804. The molecule has 4 N–H and O–H groups in total. The molecule has 3 amide bonds. The molecule has 8 heteroatoms. The lowest BCUT2D eigenvalue weighted by atomic mass is 10.1. The van der Waals surface area contributed by atoms with Gasteiger partial charge < -0.3 is 16.4 Å². The third-order valence-electron chi connectivity index (χ3n) is 3.68. The molecule has 26 heavy (non-hydrogen) atoms. The third kappa shape index (κ3) is 5.34. The molecule has 1 atom stereocenters. The fourth-order valence-electron chi connectivity index (χ4n) is 2.33. The second-order valence-electron chi connectivity index (χ2n) is 5.69. The molecule has 0 spiro atoms. The van der Waals surface area contributed by atoms with Crippen molar-refractivity contribution in [2.24, 2.45) is 5.73 Å². The number of nitrogens with two attached hydrogens (primary N) is 1. The zero-order valence-electron chi connectivity index (χ0n) is 14.6. The molecule has 0 radical (unpaired) electrons. The topological polar surface area (TPSA) is 101 Å². The minimum Gasteiger partial charge on any atom is -0.366 e. The lowest BCUT2D eigenvalue weighted by Gasteiger charge is -2.18. The average molecular weight is 392 g/mol. The normalized spacial score (nSPS) is 11.6. The van der Waals surface area contributed by atoms with Gasteiger partial charge in [-0.25, -0.2) is 0 Å². The number of thioether (sulfide) groups is 1. The highest BCUT2D eigenvalue weighted by Gasteiger charge is 2.23. The molecule has 0 unspecified atom stereocenters. The van der Waals surface area contributed by atoms with E-state index in [-0.39, 0.29) is 17.4 Å². The van der Waals surface area contributed by atoms with Crippen molar-refractivity contribution < 1.29 is 14.4 Å². The number of benzene rings is 1. The highest BCUT2D eigenvalue weighted by atomic mass is 32.2. The van der Waals surface area contributed by atoms with Gasteiger partial charge in [0, 0.05) is 5.56 Å². The van der Waals surface area contributed by atoms with Gasteiger partial charge in [-0.1, -0.05) is 17.7 Å². The lowest BCUT2D eigenvalue weighted by molar-refractivity contribution is -0.118. The molecule has 6 nitrogen and oxygen atoms in total. The van der Waals surface area contributed by atoms with Crippen LogP contribution >= 0.6 is 23.1 Å². The van der Waals surface area contributed by atoms with Gasteiger partial charge in [-0.05, 0) is 48.9 Å². The first-order chi connectivity index (χ1) is 12.4. The summed E-state index contributed by atoms with van der Waals surface area (Å²) < 4.78 is 0. The Balaban J connectivity index is 2.12. The zero-order chi connectivity index (χ0) is 19.1. The maximum Gasteiger partial charge on any atom is 0.251 e. The van der Waals surface area contributed by atoms with Crippen molar-refractivity contribution in [2.75, 3.05) is 17.3 Å². The van der Waals surface area contributed by atoms with E-state index >= 15 is 0 Å². The van der Waals surface area contributed by atoms with E-state index in [9.17, 15) is 14.4 Å². The molecule has 1 aromatic carbocycles. The van der Waals surface area contributed by atoms with Crippen LogP contribution in [0.4, 0.5) is 5.00 Å². The van der Waals surface area contributed by atoms with Crippen LogP contribution in [0.5, 0.6) is 0 Å². The Labute approximate surface area is 160 Å². The quantitative estimate of drug-likeness (QED) is 0.644. The molecular formula is C18H21N3O3S2. The van der Waals surface area contributed by atoms with E-state index in [0.717, 1.165) is 5.56 Å². The number of thiophene rings is 1. The summed E-state index contributed by atoms with van der Waals surface area (Å²) >= 11 is 2.80. The van der Waals surface area contributed by atoms with E-state index in [1.165, 1.54) is 11.3 Å². The molecule has 0 aliphatic heterocycles. The van der Waals surface area contributed by atoms with E-state index < -0.39 is 11.9 Å². The summed E-state index contributed by atoms with van der Waals surface area (Å²) in [5, 5.41) is 7.55. The maximum atomic E-state index is 12.6. The zero-order valence-corrected chi connectivity index (χ0v) is 16.2. The maximum absolute atomic E-state index is 12.6. The molecule has 0 fully saturated rings. The first-order valence-electron chi connectivity index (χ1n) is 7.97. The number of carbonyl (C=O) groups is 3. The number of primary amides is 1. The van der Waals surface area contributed by atoms with Gasteiger partial charge in [0.05, 0.1) is 5.56 Å². The van der Waals surface area contributed by atoms with Crippen LogP contribution in [0.25, 0.3) is 0 Å². The summed E-state index contributed by atoms with van der Waals surface area (Å²) in [6.07, 6.45) is 2.41. The summed E-state index contributed by atoms with van der Waals surface area (Å²) in [4.78, 5) is 36.5. The van der Waals surface area contributed by atoms with Crippen molar-refractivity contribution in [3.05, 3.63) is 52.4 Å². The van der Waals surface area contributed by atoms with Crippen LogP contribution < -0.4 is 16.4 Å². The fourth-order valence-corrected chi connectivity index (χ4v) is 3.60. The highest BCUT2D eigenvalue weighted by Crippen LogP contribution is 2.23. The molecular weight excluding hydrogens is 370 g/mol. The molecule has 1 heterocycles. The monoisotopic (exact) mass is 391 g/mol.